The van der Waals surface area contributed by atoms with E-state index in [1.54, 1.807) is 12.1 Å². The van der Waals surface area contributed by atoms with Crippen molar-refractivity contribution in [1.29, 1.82) is 0 Å². The first kappa shape index (κ1) is 16.0. The van der Waals surface area contributed by atoms with E-state index >= 15 is 0 Å². The molecule has 1 unspecified atom stereocenters. The first-order valence-corrected chi connectivity index (χ1v) is 7.89. The van der Waals surface area contributed by atoms with Crippen LogP contribution in [0.15, 0.2) is 91.0 Å². The van der Waals surface area contributed by atoms with Gasteiger partial charge in [-0.25, -0.2) is 0 Å². The summed E-state index contributed by atoms with van der Waals surface area (Å²) in [6.45, 7) is 0.426. The normalized spacial score (nSPS) is 11.7. The molecule has 0 aliphatic rings. The number of hydrogen-bond donors (Lipinski definition) is 1. The van der Waals surface area contributed by atoms with Gasteiger partial charge in [0.1, 0.15) is 0 Å². The minimum Gasteiger partial charge on any atom is -0.349 e. The Labute approximate surface area is 141 Å². The van der Waals surface area contributed by atoms with Gasteiger partial charge in [0, 0.05) is 11.1 Å². The highest BCUT2D eigenvalue weighted by Crippen LogP contribution is 2.17. The highest BCUT2D eigenvalue weighted by molar-refractivity contribution is 5.94. The second-order valence-corrected chi connectivity index (χ2v) is 5.43. The molecule has 0 bridgehead atoms. The lowest BCUT2D eigenvalue weighted by molar-refractivity contribution is 0.0162. The Morgan fingerprint density at radius 1 is 0.792 bits per heavy atom. The summed E-state index contributed by atoms with van der Waals surface area (Å²) in [5, 5.41) is 2.96. The maximum atomic E-state index is 12.4. The number of amides is 1. The summed E-state index contributed by atoms with van der Waals surface area (Å²) < 4.78 is 5.97. The van der Waals surface area contributed by atoms with Crippen LogP contribution in [-0.2, 0) is 11.3 Å². The van der Waals surface area contributed by atoms with Gasteiger partial charge in [-0.05, 0) is 17.7 Å². The summed E-state index contributed by atoms with van der Waals surface area (Å²) in [4.78, 5) is 12.4. The molecule has 24 heavy (non-hydrogen) atoms. The number of ether oxygens (including phenoxy) is 1. The number of benzene rings is 3. The largest absolute Gasteiger partial charge is 0.349 e. The van der Waals surface area contributed by atoms with Crippen LogP contribution in [-0.4, -0.2) is 5.91 Å². The molecule has 3 rings (SSSR count). The van der Waals surface area contributed by atoms with Crippen LogP contribution in [0.2, 0.25) is 0 Å². The van der Waals surface area contributed by atoms with Crippen LogP contribution in [0.4, 0.5) is 0 Å². The summed E-state index contributed by atoms with van der Waals surface area (Å²) in [6.07, 6.45) is -0.501. The molecule has 0 heterocycles. The molecule has 3 aromatic carbocycles. The van der Waals surface area contributed by atoms with Crippen molar-refractivity contribution in [1.82, 2.24) is 5.32 Å². The van der Waals surface area contributed by atoms with Gasteiger partial charge >= 0.3 is 0 Å². The van der Waals surface area contributed by atoms with Gasteiger partial charge < -0.3 is 10.1 Å². The van der Waals surface area contributed by atoms with Crippen molar-refractivity contribution in [2.75, 3.05) is 0 Å². The Hall–Kier alpha value is -2.91. The topological polar surface area (TPSA) is 38.3 Å². The van der Waals surface area contributed by atoms with E-state index in [0.29, 0.717) is 12.2 Å². The molecule has 1 amide bonds. The van der Waals surface area contributed by atoms with E-state index in [0.717, 1.165) is 11.1 Å². The second kappa shape index (κ2) is 8.09. The molecule has 3 heteroatoms. The van der Waals surface area contributed by atoms with Gasteiger partial charge in [0.05, 0.1) is 6.61 Å². The Kier molecular flexibility index (Phi) is 5.38. The van der Waals surface area contributed by atoms with Crippen molar-refractivity contribution in [3.8, 4) is 0 Å². The second-order valence-electron chi connectivity index (χ2n) is 5.43. The van der Waals surface area contributed by atoms with Crippen molar-refractivity contribution in [3.05, 3.63) is 108 Å². The Bertz CT molecular complexity index is 758. The van der Waals surface area contributed by atoms with Gasteiger partial charge in [-0.1, -0.05) is 78.9 Å². The first-order chi connectivity index (χ1) is 11.8. The number of nitrogens with one attached hydrogen (secondary N) is 1. The molecule has 3 aromatic rings. The smallest absolute Gasteiger partial charge is 0.253 e. The Morgan fingerprint density at radius 2 is 1.33 bits per heavy atom. The molecular weight excluding hydrogens is 298 g/mol. The SMILES string of the molecule is O=C(NC(OCc1ccccc1)c1ccccc1)c1ccccc1. The molecule has 1 N–H and O–H groups in total. The molecule has 0 saturated heterocycles. The van der Waals surface area contributed by atoms with E-state index in [4.69, 9.17) is 4.74 Å². The summed E-state index contributed by atoms with van der Waals surface area (Å²) in [5.41, 5.74) is 2.59. The van der Waals surface area contributed by atoms with Crippen molar-refractivity contribution < 1.29 is 9.53 Å². The van der Waals surface area contributed by atoms with Crippen molar-refractivity contribution in [2.45, 2.75) is 12.8 Å². The molecule has 1 atom stereocenters. The predicted octanol–water partition coefficient (Wildman–Crippen LogP) is 4.33. The summed E-state index contributed by atoms with van der Waals surface area (Å²) in [6, 6.07) is 28.8. The van der Waals surface area contributed by atoms with Crippen LogP contribution in [0.1, 0.15) is 27.7 Å². The molecule has 0 saturated carbocycles. The molecule has 0 aliphatic heterocycles. The molecule has 0 aromatic heterocycles. The Balaban J connectivity index is 1.74. The van der Waals surface area contributed by atoms with E-state index in [1.807, 2.05) is 78.9 Å². The average molecular weight is 317 g/mol. The minimum atomic E-state index is -0.501. The van der Waals surface area contributed by atoms with Crippen LogP contribution in [0.25, 0.3) is 0 Å². The highest BCUT2D eigenvalue weighted by atomic mass is 16.5. The molecule has 0 spiro atoms. The maximum absolute atomic E-state index is 12.4. The molecule has 120 valence electrons. The van der Waals surface area contributed by atoms with Gasteiger partial charge in [-0.2, -0.15) is 0 Å². The number of rotatable bonds is 6. The lowest BCUT2D eigenvalue weighted by Gasteiger charge is -2.20. The van der Waals surface area contributed by atoms with Crippen LogP contribution in [0.3, 0.4) is 0 Å². The molecule has 0 fully saturated rings. The van der Waals surface area contributed by atoms with Crippen LogP contribution in [0.5, 0.6) is 0 Å². The van der Waals surface area contributed by atoms with E-state index < -0.39 is 6.23 Å². The third-order valence-electron chi connectivity index (χ3n) is 3.66. The van der Waals surface area contributed by atoms with E-state index in [1.165, 1.54) is 0 Å². The quantitative estimate of drug-likeness (QED) is 0.687. The van der Waals surface area contributed by atoms with E-state index in [-0.39, 0.29) is 5.91 Å². The predicted molar refractivity (Wildman–Crippen MR) is 94.3 cm³/mol. The van der Waals surface area contributed by atoms with Gasteiger partial charge in [0.15, 0.2) is 6.23 Å². The van der Waals surface area contributed by atoms with Crippen LogP contribution >= 0.6 is 0 Å². The third kappa shape index (κ3) is 4.31. The fourth-order valence-electron chi connectivity index (χ4n) is 2.39. The molecule has 0 aliphatic carbocycles. The zero-order valence-corrected chi connectivity index (χ0v) is 13.3. The van der Waals surface area contributed by atoms with E-state index in [2.05, 4.69) is 5.32 Å². The molecular formula is C21H19NO2. The van der Waals surface area contributed by atoms with Gasteiger partial charge in [0.2, 0.25) is 0 Å². The fourth-order valence-corrected chi connectivity index (χ4v) is 2.39. The van der Waals surface area contributed by atoms with Gasteiger partial charge in [-0.15, -0.1) is 0 Å². The van der Waals surface area contributed by atoms with Crippen molar-refractivity contribution >= 4 is 5.91 Å². The van der Waals surface area contributed by atoms with Gasteiger partial charge in [0.25, 0.3) is 5.91 Å². The third-order valence-corrected chi connectivity index (χ3v) is 3.66. The zero-order chi connectivity index (χ0) is 16.6. The minimum absolute atomic E-state index is 0.155. The summed E-state index contributed by atoms with van der Waals surface area (Å²) >= 11 is 0. The standard InChI is InChI=1S/C21H19NO2/c23-20(18-12-6-2-7-13-18)22-21(19-14-8-3-9-15-19)24-16-17-10-4-1-5-11-17/h1-15,21H,16H2,(H,22,23). The number of carbonyl (C=O) groups is 1. The molecule has 0 radical (unpaired) electrons. The number of carbonyl (C=O) groups excluding carboxylic acids is 1. The first-order valence-electron chi connectivity index (χ1n) is 7.89. The van der Waals surface area contributed by atoms with Crippen molar-refractivity contribution in [2.24, 2.45) is 0 Å². The van der Waals surface area contributed by atoms with E-state index in [9.17, 15) is 4.79 Å². The Morgan fingerprint density at radius 3 is 1.96 bits per heavy atom. The fraction of sp³-hybridized carbons (Fsp3) is 0.0952. The monoisotopic (exact) mass is 317 g/mol. The summed E-state index contributed by atoms with van der Waals surface area (Å²) in [5.74, 6) is -0.155. The van der Waals surface area contributed by atoms with Crippen molar-refractivity contribution in [3.63, 3.8) is 0 Å². The zero-order valence-electron chi connectivity index (χ0n) is 13.3. The lowest BCUT2D eigenvalue weighted by atomic mass is 10.1. The lowest BCUT2D eigenvalue weighted by Crippen LogP contribution is -2.30. The average Bonchev–Trinajstić information content (AvgIpc) is 2.67. The maximum Gasteiger partial charge on any atom is 0.253 e. The summed E-state index contributed by atoms with van der Waals surface area (Å²) in [7, 11) is 0. The van der Waals surface area contributed by atoms with Crippen LogP contribution in [0, 0.1) is 0 Å². The number of hydrogen-bond acceptors (Lipinski definition) is 2. The highest BCUT2D eigenvalue weighted by Gasteiger charge is 2.16. The molecule has 3 nitrogen and oxygen atoms in total. The van der Waals surface area contributed by atoms with Gasteiger partial charge in [-0.3, -0.25) is 4.79 Å². The van der Waals surface area contributed by atoms with Crippen LogP contribution < -0.4 is 5.32 Å².